The van der Waals surface area contributed by atoms with Crippen molar-refractivity contribution in [3.63, 3.8) is 0 Å². The molecule has 2 aromatic carbocycles. The number of carbonyl (C=O) groups excluding carboxylic acids is 1. The lowest BCUT2D eigenvalue weighted by atomic mass is 10.1. The average Bonchev–Trinajstić information content (AvgIpc) is 3.42. The highest BCUT2D eigenvalue weighted by molar-refractivity contribution is 6.04. The van der Waals surface area contributed by atoms with Gasteiger partial charge in [-0.05, 0) is 56.0 Å². The lowest BCUT2D eigenvalue weighted by Gasteiger charge is -2.11. The maximum absolute atomic E-state index is 12.6. The third kappa shape index (κ3) is 4.86. The third-order valence-corrected chi connectivity index (χ3v) is 6.11. The number of fused-ring (bicyclic) bond motifs is 1. The molecule has 1 N–H and O–H groups in total. The highest BCUT2D eigenvalue weighted by Crippen LogP contribution is 2.25. The molecule has 1 heterocycles. The van der Waals surface area contributed by atoms with E-state index in [0.29, 0.717) is 13.2 Å². The fourth-order valence-corrected chi connectivity index (χ4v) is 4.33. The molecule has 32 heavy (non-hydrogen) atoms. The lowest BCUT2D eigenvalue weighted by molar-refractivity contribution is -0.117. The van der Waals surface area contributed by atoms with Crippen molar-refractivity contribution in [2.45, 2.75) is 52.1 Å². The number of aryl methyl sites for hydroxylation is 2. The Morgan fingerprint density at radius 3 is 2.78 bits per heavy atom. The topological polar surface area (TPSA) is 67.0 Å². The molecule has 0 atom stereocenters. The van der Waals surface area contributed by atoms with Crippen LogP contribution >= 0.6 is 0 Å². The van der Waals surface area contributed by atoms with Crippen LogP contribution in [0.4, 0.5) is 0 Å². The molecule has 1 fully saturated rings. The molecule has 0 aliphatic heterocycles. The number of nitrogens with one attached hydrogen (secondary N) is 1. The first-order valence-electron chi connectivity index (χ1n) is 11.3. The van der Waals surface area contributed by atoms with Gasteiger partial charge in [-0.25, -0.2) is 0 Å². The second kappa shape index (κ2) is 9.74. The Hall–Kier alpha value is -3.52. The molecule has 1 amide bonds. The molecule has 4 rings (SSSR count). The minimum atomic E-state index is -0.283. The van der Waals surface area contributed by atoms with E-state index >= 15 is 0 Å². The average molecular weight is 428 g/mol. The number of nitrogens with zero attached hydrogens (tertiary/aromatic N) is 2. The van der Waals surface area contributed by atoms with Crippen LogP contribution in [0.3, 0.4) is 0 Å². The maximum atomic E-state index is 12.6. The van der Waals surface area contributed by atoms with Crippen molar-refractivity contribution >= 4 is 22.9 Å². The molecule has 0 unspecified atom stereocenters. The number of hydrogen-bond donors (Lipinski definition) is 1. The van der Waals surface area contributed by atoms with Gasteiger partial charge in [0.1, 0.15) is 24.0 Å². The molecular weight excluding hydrogens is 398 g/mol. The summed E-state index contributed by atoms with van der Waals surface area (Å²) in [7, 11) is 0. The molecule has 0 bridgehead atoms. The summed E-state index contributed by atoms with van der Waals surface area (Å²) in [5.41, 5.74) is 4.35. The van der Waals surface area contributed by atoms with Crippen LogP contribution in [0, 0.1) is 25.2 Å². The summed E-state index contributed by atoms with van der Waals surface area (Å²) in [6.07, 6.45) is 7.95. The second-order valence-electron chi connectivity index (χ2n) is 8.54. The predicted molar refractivity (Wildman–Crippen MR) is 127 cm³/mol. The monoisotopic (exact) mass is 427 g/mol. The van der Waals surface area contributed by atoms with Gasteiger partial charge in [0, 0.05) is 28.7 Å². The largest absolute Gasteiger partial charge is 0.491 e. The third-order valence-electron chi connectivity index (χ3n) is 6.11. The predicted octanol–water partition coefficient (Wildman–Crippen LogP) is 5.30. The lowest BCUT2D eigenvalue weighted by Crippen LogP contribution is -2.33. The fraction of sp³-hybridized carbons (Fsp3) is 0.333. The van der Waals surface area contributed by atoms with Gasteiger partial charge in [-0.2, -0.15) is 5.26 Å². The van der Waals surface area contributed by atoms with E-state index in [1.54, 1.807) is 6.08 Å². The molecule has 1 aliphatic rings. The molecule has 1 saturated carbocycles. The van der Waals surface area contributed by atoms with Crippen molar-refractivity contribution in [3.8, 4) is 11.8 Å². The van der Waals surface area contributed by atoms with Crippen LogP contribution in [0.25, 0.3) is 17.0 Å². The minimum absolute atomic E-state index is 0.145. The molecule has 0 saturated heterocycles. The van der Waals surface area contributed by atoms with Crippen LogP contribution in [0.5, 0.6) is 5.75 Å². The smallest absolute Gasteiger partial charge is 0.262 e. The van der Waals surface area contributed by atoms with Crippen LogP contribution in [-0.4, -0.2) is 23.1 Å². The molecule has 5 heteroatoms. The van der Waals surface area contributed by atoms with Gasteiger partial charge in [-0.15, -0.1) is 0 Å². The Morgan fingerprint density at radius 2 is 2.00 bits per heavy atom. The minimum Gasteiger partial charge on any atom is -0.491 e. The molecular formula is C27H29N3O2. The molecule has 164 valence electrons. The standard InChI is InChI=1S/C27H29N3O2/c1-19-11-12-20(2)26(15-19)32-14-13-30-18-22(24-9-5-6-10-25(24)30)16-21(17-28)27(31)29-23-7-3-4-8-23/h5-6,9-12,15-16,18,23H,3-4,7-8,13-14H2,1-2H3,(H,29,31)/b21-16+. The molecule has 1 aromatic heterocycles. The highest BCUT2D eigenvalue weighted by atomic mass is 16.5. The first kappa shape index (κ1) is 21.7. The van der Waals surface area contributed by atoms with Crippen LogP contribution in [0.1, 0.15) is 42.4 Å². The summed E-state index contributed by atoms with van der Waals surface area (Å²) in [6, 6.07) is 16.5. The number of aromatic nitrogens is 1. The van der Waals surface area contributed by atoms with Gasteiger partial charge in [-0.3, -0.25) is 4.79 Å². The van der Waals surface area contributed by atoms with Gasteiger partial charge in [0.05, 0.1) is 6.54 Å². The zero-order valence-corrected chi connectivity index (χ0v) is 18.7. The van der Waals surface area contributed by atoms with E-state index in [9.17, 15) is 10.1 Å². The van der Waals surface area contributed by atoms with Crippen molar-refractivity contribution < 1.29 is 9.53 Å². The first-order valence-corrected chi connectivity index (χ1v) is 11.3. The van der Waals surface area contributed by atoms with Crippen LogP contribution < -0.4 is 10.1 Å². The van der Waals surface area contributed by atoms with Crippen molar-refractivity contribution in [3.05, 3.63) is 70.9 Å². The van der Waals surface area contributed by atoms with Gasteiger partial charge in [-0.1, -0.05) is 43.2 Å². The molecule has 3 aromatic rings. The van der Waals surface area contributed by atoms with Crippen LogP contribution in [-0.2, 0) is 11.3 Å². The number of benzene rings is 2. The summed E-state index contributed by atoms with van der Waals surface area (Å²) in [4.78, 5) is 12.6. The number of rotatable bonds is 7. The van der Waals surface area contributed by atoms with Gasteiger partial charge >= 0.3 is 0 Å². The fourth-order valence-electron chi connectivity index (χ4n) is 4.33. The number of carbonyl (C=O) groups is 1. The quantitative estimate of drug-likeness (QED) is 0.411. The number of hydrogen-bond acceptors (Lipinski definition) is 3. The van der Waals surface area contributed by atoms with Gasteiger partial charge in [0.15, 0.2) is 0 Å². The van der Waals surface area contributed by atoms with Crippen molar-refractivity contribution in [2.24, 2.45) is 0 Å². The highest BCUT2D eigenvalue weighted by Gasteiger charge is 2.19. The van der Waals surface area contributed by atoms with E-state index < -0.39 is 0 Å². The molecule has 1 aliphatic carbocycles. The molecule has 0 radical (unpaired) electrons. The summed E-state index contributed by atoms with van der Waals surface area (Å²) in [5.74, 6) is 0.617. The zero-order valence-electron chi connectivity index (χ0n) is 18.7. The van der Waals surface area contributed by atoms with Crippen LogP contribution in [0.15, 0.2) is 54.2 Å². The summed E-state index contributed by atoms with van der Waals surface area (Å²) in [5, 5.41) is 13.6. The van der Waals surface area contributed by atoms with E-state index in [4.69, 9.17) is 4.74 Å². The SMILES string of the molecule is Cc1ccc(C)c(OCCn2cc(/C=C(\C#N)C(=O)NC3CCCC3)c3ccccc32)c1. The molecule has 0 spiro atoms. The number of nitriles is 1. The summed E-state index contributed by atoms with van der Waals surface area (Å²) < 4.78 is 8.16. The van der Waals surface area contributed by atoms with Crippen LogP contribution in [0.2, 0.25) is 0 Å². The normalized spacial score (nSPS) is 14.5. The van der Waals surface area contributed by atoms with E-state index in [2.05, 4.69) is 47.1 Å². The zero-order chi connectivity index (χ0) is 22.5. The Kier molecular flexibility index (Phi) is 6.61. The number of para-hydroxylation sites is 1. The Labute approximate surface area is 189 Å². The van der Waals surface area contributed by atoms with Gasteiger partial charge in [0.25, 0.3) is 5.91 Å². The Bertz CT molecular complexity index is 1190. The van der Waals surface area contributed by atoms with Crippen molar-refractivity contribution in [1.29, 1.82) is 5.26 Å². The summed E-state index contributed by atoms with van der Waals surface area (Å²) >= 11 is 0. The van der Waals surface area contributed by atoms with E-state index in [0.717, 1.165) is 53.5 Å². The Morgan fingerprint density at radius 1 is 1.22 bits per heavy atom. The van der Waals surface area contributed by atoms with E-state index in [1.807, 2.05) is 31.3 Å². The number of amides is 1. The number of ether oxygens (including phenoxy) is 1. The van der Waals surface area contributed by atoms with Crippen molar-refractivity contribution in [1.82, 2.24) is 9.88 Å². The van der Waals surface area contributed by atoms with E-state index in [-0.39, 0.29) is 17.5 Å². The van der Waals surface area contributed by atoms with Gasteiger partial charge < -0.3 is 14.6 Å². The maximum Gasteiger partial charge on any atom is 0.262 e. The van der Waals surface area contributed by atoms with E-state index in [1.165, 1.54) is 5.56 Å². The summed E-state index contributed by atoms with van der Waals surface area (Å²) in [6.45, 7) is 5.29. The molecule has 5 nitrogen and oxygen atoms in total. The Balaban J connectivity index is 1.54. The second-order valence-corrected chi connectivity index (χ2v) is 8.54. The first-order chi connectivity index (χ1) is 15.5. The van der Waals surface area contributed by atoms with Gasteiger partial charge in [0.2, 0.25) is 0 Å². The van der Waals surface area contributed by atoms with Crippen molar-refractivity contribution in [2.75, 3.05) is 6.61 Å².